The Hall–Kier alpha value is -5.92. The van der Waals surface area contributed by atoms with Gasteiger partial charge < -0.3 is 4.57 Å². The summed E-state index contributed by atoms with van der Waals surface area (Å²) >= 11 is 0. The van der Waals surface area contributed by atoms with E-state index in [0.29, 0.717) is 0 Å². The van der Waals surface area contributed by atoms with Crippen LogP contribution in [0.25, 0.3) is 72.4 Å². The fraction of sp³-hybridized carbons (Fsp3) is 0.0222. The molecular formula is C45H33N. The van der Waals surface area contributed by atoms with Crippen LogP contribution in [0.5, 0.6) is 0 Å². The Morgan fingerprint density at radius 1 is 0.326 bits per heavy atom. The van der Waals surface area contributed by atoms with Crippen LogP contribution in [0.2, 0.25) is 0 Å². The second-order valence-corrected chi connectivity index (χ2v) is 11.9. The molecule has 0 N–H and O–H groups in total. The minimum absolute atomic E-state index is 1.13. The van der Waals surface area contributed by atoms with Gasteiger partial charge in [-0.1, -0.05) is 152 Å². The quantitative estimate of drug-likeness (QED) is 0.182. The molecule has 218 valence electrons. The van der Waals surface area contributed by atoms with Gasteiger partial charge in [0.2, 0.25) is 0 Å². The molecule has 0 saturated carbocycles. The van der Waals surface area contributed by atoms with Crippen molar-refractivity contribution in [3.05, 3.63) is 188 Å². The average molecular weight is 588 g/mol. The van der Waals surface area contributed by atoms with Gasteiger partial charge in [-0.25, -0.2) is 0 Å². The SMILES string of the molecule is Cc1ccc(-c2ccc(-c3ccc(-c4ccccc4)n3-c3cc(-c4ccccc4)cc(-c4ccccc4)c3)cc2)c2ccccc12. The number of nitrogens with zero attached hydrogens (tertiary/aromatic N) is 1. The molecule has 0 aliphatic rings. The normalized spacial score (nSPS) is 11.2. The summed E-state index contributed by atoms with van der Waals surface area (Å²) in [6, 6.07) is 65.8. The largest absolute Gasteiger partial charge is 0.309 e. The van der Waals surface area contributed by atoms with E-state index in [1.165, 1.54) is 60.8 Å². The lowest BCUT2D eigenvalue weighted by molar-refractivity contribution is 1.10. The Balaban J connectivity index is 1.31. The van der Waals surface area contributed by atoms with E-state index in [9.17, 15) is 0 Å². The van der Waals surface area contributed by atoms with Crippen molar-refractivity contribution in [1.29, 1.82) is 0 Å². The van der Waals surface area contributed by atoms with E-state index in [1.54, 1.807) is 0 Å². The number of aryl methyl sites for hydroxylation is 1. The minimum atomic E-state index is 1.13. The molecular weight excluding hydrogens is 555 g/mol. The summed E-state index contributed by atoms with van der Waals surface area (Å²) in [5, 5.41) is 2.59. The highest BCUT2D eigenvalue weighted by molar-refractivity contribution is 5.98. The van der Waals surface area contributed by atoms with E-state index in [-0.39, 0.29) is 0 Å². The third-order valence-electron chi connectivity index (χ3n) is 8.97. The zero-order chi connectivity index (χ0) is 30.9. The molecule has 1 aromatic heterocycles. The van der Waals surface area contributed by atoms with Gasteiger partial charge in [0.25, 0.3) is 0 Å². The van der Waals surface area contributed by atoms with Crippen molar-refractivity contribution >= 4 is 10.8 Å². The molecule has 1 heteroatoms. The minimum Gasteiger partial charge on any atom is -0.309 e. The monoisotopic (exact) mass is 587 g/mol. The van der Waals surface area contributed by atoms with Crippen LogP contribution < -0.4 is 0 Å². The number of benzene rings is 7. The molecule has 0 spiro atoms. The molecule has 8 rings (SSSR count). The molecule has 0 aliphatic heterocycles. The van der Waals surface area contributed by atoms with Crippen molar-refractivity contribution in [2.75, 3.05) is 0 Å². The van der Waals surface area contributed by atoms with E-state index in [4.69, 9.17) is 0 Å². The predicted octanol–water partition coefficient (Wildman–Crippen LogP) is 12.3. The molecule has 0 amide bonds. The topological polar surface area (TPSA) is 4.93 Å². The first-order valence-corrected chi connectivity index (χ1v) is 15.9. The van der Waals surface area contributed by atoms with Crippen LogP contribution in [-0.4, -0.2) is 4.57 Å². The zero-order valence-corrected chi connectivity index (χ0v) is 25.8. The number of aromatic nitrogens is 1. The fourth-order valence-electron chi connectivity index (χ4n) is 6.63. The first-order chi connectivity index (χ1) is 22.7. The van der Waals surface area contributed by atoms with Crippen LogP contribution in [0.3, 0.4) is 0 Å². The van der Waals surface area contributed by atoms with Crippen LogP contribution >= 0.6 is 0 Å². The molecule has 0 saturated heterocycles. The Morgan fingerprint density at radius 3 is 1.35 bits per heavy atom. The fourth-order valence-corrected chi connectivity index (χ4v) is 6.63. The average Bonchev–Trinajstić information content (AvgIpc) is 3.58. The third kappa shape index (κ3) is 5.12. The number of fused-ring (bicyclic) bond motifs is 1. The van der Waals surface area contributed by atoms with Crippen molar-refractivity contribution < 1.29 is 0 Å². The summed E-state index contributed by atoms with van der Waals surface area (Å²) < 4.78 is 2.42. The van der Waals surface area contributed by atoms with E-state index in [0.717, 1.165) is 17.1 Å². The number of hydrogen-bond donors (Lipinski definition) is 0. The Kier molecular flexibility index (Phi) is 7.13. The van der Waals surface area contributed by atoms with Crippen molar-refractivity contribution in [3.8, 4) is 61.6 Å². The zero-order valence-electron chi connectivity index (χ0n) is 25.8. The number of hydrogen-bond acceptors (Lipinski definition) is 0. The summed E-state index contributed by atoms with van der Waals surface area (Å²) in [6.07, 6.45) is 0. The van der Waals surface area contributed by atoms with Crippen LogP contribution in [0.15, 0.2) is 182 Å². The van der Waals surface area contributed by atoms with E-state index < -0.39 is 0 Å². The van der Waals surface area contributed by atoms with Gasteiger partial charge in [0.1, 0.15) is 0 Å². The maximum atomic E-state index is 2.42. The second kappa shape index (κ2) is 11.9. The molecule has 0 atom stereocenters. The standard InChI is InChI=1S/C45H33N/c1-32-21-26-42(43-20-12-11-19-41(32)43)35-22-24-37(25-23-35)45-28-27-44(36-17-9-4-10-18-36)46(45)40-30-38(33-13-5-2-6-14-33)29-39(31-40)34-15-7-3-8-16-34/h2-31H,1H3. The van der Waals surface area contributed by atoms with Crippen molar-refractivity contribution in [2.45, 2.75) is 6.92 Å². The molecule has 0 unspecified atom stereocenters. The smallest absolute Gasteiger partial charge is 0.0535 e. The van der Waals surface area contributed by atoms with Gasteiger partial charge in [-0.15, -0.1) is 0 Å². The van der Waals surface area contributed by atoms with Crippen LogP contribution in [0, 0.1) is 6.92 Å². The van der Waals surface area contributed by atoms with Gasteiger partial charge in [0.15, 0.2) is 0 Å². The molecule has 1 heterocycles. The molecule has 0 aliphatic carbocycles. The summed E-state index contributed by atoms with van der Waals surface area (Å²) in [5.41, 5.74) is 14.4. The summed E-state index contributed by atoms with van der Waals surface area (Å²) in [7, 11) is 0. The highest BCUT2D eigenvalue weighted by atomic mass is 15.0. The van der Waals surface area contributed by atoms with Gasteiger partial charge >= 0.3 is 0 Å². The summed E-state index contributed by atoms with van der Waals surface area (Å²) in [6.45, 7) is 2.18. The third-order valence-corrected chi connectivity index (χ3v) is 8.97. The lowest BCUT2D eigenvalue weighted by Crippen LogP contribution is -2.01. The van der Waals surface area contributed by atoms with Gasteiger partial charge in [-0.05, 0) is 98.1 Å². The first-order valence-electron chi connectivity index (χ1n) is 15.9. The molecule has 8 aromatic rings. The van der Waals surface area contributed by atoms with Gasteiger partial charge in [-0.3, -0.25) is 0 Å². The van der Waals surface area contributed by atoms with Crippen molar-refractivity contribution in [3.63, 3.8) is 0 Å². The first kappa shape index (κ1) is 27.6. The van der Waals surface area contributed by atoms with Crippen LogP contribution in [-0.2, 0) is 0 Å². The molecule has 0 bridgehead atoms. The Bertz CT molecular complexity index is 2220. The molecule has 7 aromatic carbocycles. The van der Waals surface area contributed by atoms with Gasteiger partial charge in [0.05, 0.1) is 11.4 Å². The van der Waals surface area contributed by atoms with Crippen LogP contribution in [0.1, 0.15) is 5.56 Å². The maximum Gasteiger partial charge on any atom is 0.0535 e. The van der Waals surface area contributed by atoms with Gasteiger partial charge in [0, 0.05) is 5.69 Å². The Morgan fingerprint density at radius 2 is 0.783 bits per heavy atom. The van der Waals surface area contributed by atoms with E-state index in [1.807, 2.05) is 0 Å². The summed E-state index contributed by atoms with van der Waals surface area (Å²) in [5.74, 6) is 0. The maximum absolute atomic E-state index is 2.42. The number of rotatable bonds is 6. The lowest BCUT2D eigenvalue weighted by atomic mass is 9.95. The predicted molar refractivity (Wildman–Crippen MR) is 195 cm³/mol. The van der Waals surface area contributed by atoms with Crippen LogP contribution in [0.4, 0.5) is 0 Å². The molecule has 46 heavy (non-hydrogen) atoms. The van der Waals surface area contributed by atoms with Gasteiger partial charge in [-0.2, -0.15) is 0 Å². The van der Waals surface area contributed by atoms with E-state index in [2.05, 4.69) is 193 Å². The summed E-state index contributed by atoms with van der Waals surface area (Å²) in [4.78, 5) is 0. The van der Waals surface area contributed by atoms with Crippen molar-refractivity contribution in [2.24, 2.45) is 0 Å². The second-order valence-electron chi connectivity index (χ2n) is 11.9. The molecule has 0 fully saturated rings. The molecule has 1 nitrogen and oxygen atoms in total. The highest BCUT2D eigenvalue weighted by Crippen LogP contribution is 2.38. The lowest BCUT2D eigenvalue weighted by Gasteiger charge is -2.18. The highest BCUT2D eigenvalue weighted by Gasteiger charge is 2.17. The van der Waals surface area contributed by atoms with Crippen molar-refractivity contribution in [1.82, 2.24) is 4.57 Å². The Labute approximate surface area is 270 Å². The molecule has 0 radical (unpaired) electrons. The van der Waals surface area contributed by atoms with E-state index >= 15 is 0 Å².